The minimum absolute atomic E-state index is 0.235. The van der Waals surface area contributed by atoms with E-state index < -0.39 is 6.61 Å². The molecule has 1 aliphatic heterocycles. The van der Waals surface area contributed by atoms with Gasteiger partial charge in [0, 0.05) is 38.3 Å². The Morgan fingerprint density at radius 1 is 1.21 bits per heavy atom. The minimum atomic E-state index is -2.79. The molecule has 0 aromatic heterocycles. The third-order valence-electron chi connectivity index (χ3n) is 3.19. The van der Waals surface area contributed by atoms with Crippen LogP contribution in [0.15, 0.2) is 24.3 Å². The lowest BCUT2D eigenvalue weighted by atomic mass is 10.2. The Morgan fingerprint density at radius 2 is 1.89 bits per heavy atom. The third kappa shape index (κ3) is 4.41. The molecule has 1 heterocycles. The van der Waals surface area contributed by atoms with Crippen molar-refractivity contribution in [1.82, 2.24) is 15.3 Å². The van der Waals surface area contributed by atoms with Crippen LogP contribution in [0.3, 0.4) is 0 Å². The van der Waals surface area contributed by atoms with E-state index in [0.29, 0.717) is 6.54 Å². The fourth-order valence-corrected chi connectivity index (χ4v) is 2.02. The number of rotatable bonds is 5. The average molecular weight is 271 g/mol. The Labute approximate surface area is 111 Å². The van der Waals surface area contributed by atoms with E-state index >= 15 is 0 Å². The van der Waals surface area contributed by atoms with Gasteiger partial charge in [0.15, 0.2) is 0 Å². The summed E-state index contributed by atoms with van der Waals surface area (Å²) in [5.41, 5.74) is 3.99. The van der Waals surface area contributed by atoms with Crippen LogP contribution in [-0.2, 0) is 6.54 Å². The van der Waals surface area contributed by atoms with E-state index in [9.17, 15) is 8.78 Å². The Hall–Kier alpha value is -1.24. The predicted octanol–water partition coefficient (Wildman–Crippen LogP) is 1.54. The fourth-order valence-electron chi connectivity index (χ4n) is 2.02. The summed E-state index contributed by atoms with van der Waals surface area (Å²) < 4.78 is 29.1. The highest BCUT2D eigenvalue weighted by Crippen LogP contribution is 2.20. The first-order valence-corrected chi connectivity index (χ1v) is 6.35. The smallest absolute Gasteiger partial charge is 0.387 e. The van der Waals surface area contributed by atoms with Crippen molar-refractivity contribution in [3.8, 4) is 5.75 Å². The highest BCUT2D eigenvalue weighted by Gasteiger charge is 2.14. The van der Waals surface area contributed by atoms with E-state index in [1.807, 2.05) is 6.07 Å². The van der Waals surface area contributed by atoms with Crippen LogP contribution in [0, 0.1) is 0 Å². The molecule has 0 unspecified atom stereocenters. The van der Waals surface area contributed by atoms with E-state index in [0.717, 1.165) is 31.7 Å². The van der Waals surface area contributed by atoms with E-state index in [-0.39, 0.29) is 5.75 Å². The summed E-state index contributed by atoms with van der Waals surface area (Å²) in [6.45, 7) is 1.56. The number of alkyl halides is 2. The number of benzene rings is 1. The molecule has 0 aliphatic carbocycles. The van der Waals surface area contributed by atoms with Crippen LogP contribution < -0.4 is 10.2 Å². The molecule has 1 fully saturated rings. The Morgan fingerprint density at radius 3 is 2.58 bits per heavy atom. The summed E-state index contributed by atoms with van der Waals surface area (Å²) >= 11 is 0. The lowest BCUT2D eigenvalue weighted by Gasteiger charge is -2.32. The predicted molar refractivity (Wildman–Crippen MR) is 69.0 cm³/mol. The van der Waals surface area contributed by atoms with Crippen LogP contribution in [0.2, 0.25) is 0 Å². The van der Waals surface area contributed by atoms with Crippen molar-refractivity contribution in [3.05, 3.63) is 29.8 Å². The number of nitrogens with one attached hydrogen (secondary N) is 1. The number of hydrogen-bond acceptors (Lipinski definition) is 4. The van der Waals surface area contributed by atoms with Gasteiger partial charge in [-0.15, -0.1) is 0 Å². The van der Waals surface area contributed by atoms with Gasteiger partial charge in [-0.1, -0.05) is 18.2 Å². The zero-order chi connectivity index (χ0) is 13.7. The molecule has 0 atom stereocenters. The maximum absolute atomic E-state index is 12.3. The van der Waals surface area contributed by atoms with Crippen molar-refractivity contribution >= 4 is 0 Å². The quantitative estimate of drug-likeness (QED) is 0.879. The van der Waals surface area contributed by atoms with Crippen molar-refractivity contribution < 1.29 is 13.5 Å². The Kier molecular flexibility index (Phi) is 5.07. The lowest BCUT2D eigenvalue weighted by Crippen LogP contribution is -2.50. The summed E-state index contributed by atoms with van der Waals surface area (Å²) in [4.78, 5) is 2.26. The van der Waals surface area contributed by atoms with E-state index in [4.69, 9.17) is 0 Å². The molecule has 1 aromatic rings. The highest BCUT2D eigenvalue weighted by molar-refractivity contribution is 5.33. The first kappa shape index (κ1) is 14.2. The molecule has 0 amide bonds. The third-order valence-corrected chi connectivity index (χ3v) is 3.19. The molecule has 1 aromatic carbocycles. The van der Waals surface area contributed by atoms with Gasteiger partial charge in [0.1, 0.15) is 5.75 Å². The number of hydrogen-bond donors (Lipinski definition) is 1. The molecular weight excluding hydrogens is 252 g/mol. The molecule has 19 heavy (non-hydrogen) atoms. The molecule has 0 radical (unpaired) electrons. The maximum Gasteiger partial charge on any atom is 0.387 e. The van der Waals surface area contributed by atoms with Crippen LogP contribution in [0.5, 0.6) is 5.75 Å². The van der Waals surface area contributed by atoms with Crippen molar-refractivity contribution in [2.24, 2.45) is 0 Å². The first-order valence-electron chi connectivity index (χ1n) is 6.35. The van der Waals surface area contributed by atoms with E-state index in [1.54, 1.807) is 18.2 Å². The second-order valence-corrected chi connectivity index (χ2v) is 4.61. The first-order chi connectivity index (χ1) is 9.15. The molecule has 0 saturated carbocycles. The van der Waals surface area contributed by atoms with E-state index in [1.165, 1.54) is 0 Å². The molecule has 4 nitrogen and oxygen atoms in total. The van der Waals surface area contributed by atoms with E-state index in [2.05, 4.69) is 27.1 Å². The van der Waals surface area contributed by atoms with Crippen LogP contribution in [0.1, 0.15) is 5.56 Å². The van der Waals surface area contributed by atoms with Crippen LogP contribution in [0.4, 0.5) is 8.78 Å². The molecule has 0 bridgehead atoms. The normalized spacial score (nSPS) is 17.9. The Bertz CT molecular complexity index is 395. The standard InChI is InChI=1S/C13H19F2N3O/c1-17-6-8-18(9-7-17)16-10-11-4-2-3-5-12(11)19-13(14)15/h2-5,13,16H,6-10H2,1H3. The summed E-state index contributed by atoms with van der Waals surface area (Å²) in [5.74, 6) is 0.235. The summed E-state index contributed by atoms with van der Waals surface area (Å²) in [6, 6.07) is 6.87. The summed E-state index contributed by atoms with van der Waals surface area (Å²) in [5, 5.41) is 2.11. The van der Waals surface area contributed by atoms with Gasteiger partial charge in [-0.25, -0.2) is 5.01 Å². The van der Waals surface area contributed by atoms with Crippen molar-refractivity contribution in [1.29, 1.82) is 0 Å². The maximum atomic E-state index is 12.3. The largest absolute Gasteiger partial charge is 0.434 e. The number of likely N-dealkylation sites (N-methyl/N-ethyl adjacent to an activating group) is 1. The zero-order valence-electron chi connectivity index (χ0n) is 11.0. The molecular formula is C13H19F2N3O. The van der Waals surface area contributed by atoms with Crippen molar-refractivity contribution in [2.45, 2.75) is 13.2 Å². The molecule has 1 saturated heterocycles. The molecule has 1 N–H and O–H groups in total. The van der Waals surface area contributed by atoms with Crippen LogP contribution in [-0.4, -0.2) is 49.7 Å². The van der Waals surface area contributed by atoms with Gasteiger partial charge in [0.05, 0.1) is 0 Å². The van der Waals surface area contributed by atoms with Gasteiger partial charge in [-0.2, -0.15) is 8.78 Å². The Balaban J connectivity index is 1.88. The number of piperazine rings is 1. The average Bonchev–Trinajstić information content (AvgIpc) is 2.39. The molecule has 106 valence electrons. The fraction of sp³-hybridized carbons (Fsp3) is 0.538. The number of para-hydroxylation sites is 1. The van der Waals surface area contributed by atoms with Crippen molar-refractivity contribution in [2.75, 3.05) is 33.2 Å². The van der Waals surface area contributed by atoms with Gasteiger partial charge < -0.3 is 9.64 Å². The lowest BCUT2D eigenvalue weighted by molar-refractivity contribution is -0.0506. The van der Waals surface area contributed by atoms with Crippen LogP contribution >= 0.6 is 0 Å². The number of nitrogens with zero attached hydrogens (tertiary/aromatic N) is 2. The van der Waals surface area contributed by atoms with Crippen molar-refractivity contribution in [3.63, 3.8) is 0 Å². The zero-order valence-corrected chi connectivity index (χ0v) is 11.0. The van der Waals surface area contributed by atoms with Crippen LogP contribution in [0.25, 0.3) is 0 Å². The van der Waals surface area contributed by atoms with Gasteiger partial charge in [-0.05, 0) is 13.1 Å². The van der Waals surface area contributed by atoms with Gasteiger partial charge in [0.2, 0.25) is 0 Å². The molecule has 1 aliphatic rings. The number of hydrazine groups is 1. The number of halogens is 2. The summed E-state index contributed by atoms with van der Waals surface area (Å²) in [6.07, 6.45) is 0. The topological polar surface area (TPSA) is 27.7 Å². The minimum Gasteiger partial charge on any atom is -0.434 e. The molecule has 2 rings (SSSR count). The second-order valence-electron chi connectivity index (χ2n) is 4.61. The van der Waals surface area contributed by atoms with Gasteiger partial charge in [-0.3, -0.25) is 5.43 Å². The SMILES string of the molecule is CN1CCN(NCc2ccccc2OC(F)F)CC1. The van der Waals surface area contributed by atoms with Gasteiger partial charge >= 0.3 is 6.61 Å². The highest BCUT2D eigenvalue weighted by atomic mass is 19.3. The molecule has 6 heteroatoms. The molecule has 0 spiro atoms. The number of ether oxygens (including phenoxy) is 1. The second kappa shape index (κ2) is 6.79. The monoisotopic (exact) mass is 271 g/mol. The summed E-state index contributed by atoms with van der Waals surface area (Å²) in [7, 11) is 2.09. The van der Waals surface area contributed by atoms with Gasteiger partial charge in [0.25, 0.3) is 0 Å².